The van der Waals surface area contributed by atoms with Crippen LogP contribution in [0.3, 0.4) is 0 Å². The predicted octanol–water partition coefficient (Wildman–Crippen LogP) is 6.72. The highest BCUT2D eigenvalue weighted by atomic mass is 32.1. The Labute approximate surface area is 294 Å². The summed E-state index contributed by atoms with van der Waals surface area (Å²) in [4.78, 5) is 39.2. The molecule has 8 rings (SSSR count). The highest BCUT2D eigenvalue weighted by Crippen LogP contribution is 2.39. The standard InChI is InChI=1S/C38H31F2N5O5S/c1-38(48)12-14-44(21-38)19-22-2-8-28(42-18-22)32-17-29-35(51-32)31(10-13-41-29)50-30-9-5-25(16-27(30)40)43-36(46)33-34-23(11-15-49-34)20-45(37(33)47)26-6-3-24(39)4-7-26/h2-10,13,16-18,20,48H,11-12,14-15,19,21H2,1H3,(H,43,46). The van der Waals surface area contributed by atoms with Gasteiger partial charge in [0, 0.05) is 73.7 Å². The molecule has 258 valence electrons. The SMILES string of the molecule is CC1(O)CCN(Cc2ccc(-c3cc4nccc(Oc5ccc(NC(=O)c6c7c(cn(-c8ccc(F)cc8)c6=O)CCO7)cc5F)c4s3)nc2)C1. The number of carbonyl (C=O) groups excluding carboxylic acids is 1. The summed E-state index contributed by atoms with van der Waals surface area (Å²) in [5, 5.41) is 12.9. The molecule has 1 saturated heterocycles. The van der Waals surface area contributed by atoms with E-state index < -0.39 is 28.7 Å². The molecule has 4 aromatic heterocycles. The Morgan fingerprint density at radius 3 is 2.67 bits per heavy atom. The van der Waals surface area contributed by atoms with Crippen molar-refractivity contribution >= 4 is 33.1 Å². The van der Waals surface area contributed by atoms with E-state index in [1.165, 1.54) is 52.3 Å². The number of likely N-dealkylation sites (tertiary alicyclic amines) is 1. The van der Waals surface area contributed by atoms with E-state index in [1.54, 1.807) is 18.5 Å². The van der Waals surface area contributed by atoms with Gasteiger partial charge in [0.1, 0.15) is 22.9 Å². The molecule has 1 amide bonds. The number of benzene rings is 2. The van der Waals surface area contributed by atoms with Crippen molar-refractivity contribution in [3.63, 3.8) is 0 Å². The number of anilines is 1. The highest BCUT2D eigenvalue weighted by Gasteiger charge is 2.31. The van der Waals surface area contributed by atoms with Crippen LogP contribution >= 0.6 is 11.3 Å². The van der Waals surface area contributed by atoms with E-state index in [0.29, 0.717) is 53.3 Å². The molecule has 1 unspecified atom stereocenters. The number of ether oxygens (including phenoxy) is 2. The van der Waals surface area contributed by atoms with E-state index in [0.717, 1.165) is 35.2 Å². The number of nitrogens with zero attached hydrogens (tertiary/aromatic N) is 4. The number of hydrogen-bond donors (Lipinski definition) is 2. The Kier molecular flexibility index (Phi) is 8.33. The van der Waals surface area contributed by atoms with Crippen molar-refractivity contribution in [1.29, 1.82) is 0 Å². The van der Waals surface area contributed by atoms with Crippen LogP contribution in [0.5, 0.6) is 17.2 Å². The van der Waals surface area contributed by atoms with Crippen LogP contribution in [0.2, 0.25) is 0 Å². The summed E-state index contributed by atoms with van der Waals surface area (Å²) in [6, 6.07) is 16.9. The first kappa shape index (κ1) is 32.7. The molecule has 0 saturated carbocycles. The molecule has 2 N–H and O–H groups in total. The number of thiophene rings is 1. The predicted molar refractivity (Wildman–Crippen MR) is 189 cm³/mol. The summed E-state index contributed by atoms with van der Waals surface area (Å²) in [5.41, 5.74) is 2.11. The lowest BCUT2D eigenvalue weighted by Crippen LogP contribution is -2.29. The zero-order chi connectivity index (χ0) is 35.3. The maximum Gasteiger partial charge on any atom is 0.271 e. The summed E-state index contributed by atoms with van der Waals surface area (Å²) in [6.45, 7) is 4.33. The van der Waals surface area contributed by atoms with Crippen molar-refractivity contribution in [2.75, 3.05) is 25.0 Å². The van der Waals surface area contributed by atoms with Gasteiger partial charge in [0.15, 0.2) is 11.6 Å². The first-order valence-electron chi connectivity index (χ1n) is 16.3. The van der Waals surface area contributed by atoms with Gasteiger partial charge in [0.2, 0.25) is 0 Å². The van der Waals surface area contributed by atoms with E-state index in [2.05, 4.69) is 20.2 Å². The molecule has 1 fully saturated rings. The average Bonchev–Trinajstić information content (AvgIpc) is 3.85. The molecule has 2 aliphatic rings. The van der Waals surface area contributed by atoms with Crippen LogP contribution in [-0.4, -0.2) is 55.7 Å². The smallest absolute Gasteiger partial charge is 0.271 e. The molecule has 0 radical (unpaired) electrons. The number of aliphatic hydroxyl groups is 1. The molecule has 10 nitrogen and oxygen atoms in total. The third kappa shape index (κ3) is 6.58. The number of carbonyl (C=O) groups is 1. The van der Waals surface area contributed by atoms with Crippen LogP contribution in [0.25, 0.3) is 26.5 Å². The van der Waals surface area contributed by atoms with Crippen LogP contribution in [0, 0.1) is 11.6 Å². The van der Waals surface area contributed by atoms with E-state index >= 15 is 4.39 Å². The quantitative estimate of drug-likeness (QED) is 0.179. The summed E-state index contributed by atoms with van der Waals surface area (Å²) in [5.74, 6) is -1.44. The van der Waals surface area contributed by atoms with Gasteiger partial charge < -0.3 is 19.9 Å². The summed E-state index contributed by atoms with van der Waals surface area (Å²) < 4.78 is 42.7. The Morgan fingerprint density at radius 2 is 1.92 bits per heavy atom. The fourth-order valence-corrected chi connectivity index (χ4v) is 7.48. The minimum Gasteiger partial charge on any atom is -0.492 e. The average molecular weight is 708 g/mol. The summed E-state index contributed by atoms with van der Waals surface area (Å²) >= 11 is 1.43. The van der Waals surface area contributed by atoms with Crippen LogP contribution < -0.4 is 20.3 Å². The van der Waals surface area contributed by atoms with Crippen molar-refractivity contribution in [3.05, 3.63) is 124 Å². The van der Waals surface area contributed by atoms with Gasteiger partial charge in [-0.25, -0.2) is 8.78 Å². The summed E-state index contributed by atoms with van der Waals surface area (Å²) in [6.07, 6.45) is 6.24. The molecule has 2 aliphatic heterocycles. The molecule has 6 aromatic rings. The van der Waals surface area contributed by atoms with Gasteiger partial charge in [-0.15, -0.1) is 11.3 Å². The van der Waals surface area contributed by atoms with Gasteiger partial charge in [-0.3, -0.25) is 29.0 Å². The molecule has 6 heterocycles. The van der Waals surface area contributed by atoms with E-state index in [9.17, 15) is 19.1 Å². The molecule has 0 bridgehead atoms. The second-order valence-electron chi connectivity index (χ2n) is 13.0. The van der Waals surface area contributed by atoms with Gasteiger partial charge in [-0.05, 0) is 67.4 Å². The number of amides is 1. The molecular formula is C38H31F2N5O5S. The Balaban J connectivity index is 0.997. The first-order valence-corrected chi connectivity index (χ1v) is 17.2. The monoisotopic (exact) mass is 707 g/mol. The lowest BCUT2D eigenvalue weighted by molar-refractivity contribution is 0.0678. The van der Waals surface area contributed by atoms with Gasteiger partial charge in [0.05, 0.1) is 33.0 Å². The highest BCUT2D eigenvalue weighted by molar-refractivity contribution is 7.22. The molecule has 13 heteroatoms. The van der Waals surface area contributed by atoms with Crippen molar-refractivity contribution in [2.45, 2.75) is 31.9 Å². The lowest BCUT2D eigenvalue weighted by atomic mass is 10.1. The number of aromatic nitrogens is 3. The van der Waals surface area contributed by atoms with Gasteiger partial charge in [-0.1, -0.05) is 6.07 Å². The molecule has 1 atom stereocenters. The third-order valence-electron chi connectivity index (χ3n) is 8.99. The maximum atomic E-state index is 15.5. The lowest BCUT2D eigenvalue weighted by Gasteiger charge is -2.18. The van der Waals surface area contributed by atoms with Crippen LogP contribution in [0.4, 0.5) is 14.5 Å². The minimum absolute atomic E-state index is 0.0681. The number of pyridine rings is 3. The zero-order valence-electron chi connectivity index (χ0n) is 27.4. The largest absolute Gasteiger partial charge is 0.492 e. The van der Waals surface area contributed by atoms with Crippen LogP contribution in [-0.2, 0) is 13.0 Å². The van der Waals surface area contributed by atoms with Crippen molar-refractivity contribution in [1.82, 2.24) is 19.4 Å². The summed E-state index contributed by atoms with van der Waals surface area (Å²) in [7, 11) is 0. The van der Waals surface area contributed by atoms with E-state index in [1.807, 2.05) is 31.3 Å². The fraction of sp³-hybridized carbons (Fsp3) is 0.211. The number of hydrogen-bond acceptors (Lipinski definition) is 9. The Bertz CT molecular complexity index is 2360. The minimum atomic E-state index is -0.768. The van der Waals surface area contributed by atoms with Gasteiger partial charge >= 0.3 is 0 Å². The van der Waals surface area contributed by atoms with Crippen LogP contribution in [0.1, 0.15) is 34.8 Å². The molecule has 2 aromatic carbocycles. The van der Waals surface area contributed by atoms with Gasteiger partial charge in [-0.2, -0.15) is 0 Å². The van der Waals surface area contributed by atoms with E-state index in [4.69, 9.17) is 9.47 Å². The molecule has 51 heavy (non-hydrogen) atoms. The normalized spacial score (nSPS) is 17.0. The molecular weight excluding hydrogens is 677 g/mol. The third-order valence-corrected chi connectivity index (χ3v) is 10.1. The van der Waals surface area contributed by atoms with Crippen LogP contribution in [0.15, 0.2) is 90.1 Å². The Morgan fingerprint density at radius 1 is 1.08 bits per heavy atom. The number of nitrogens with one attached hydrogen (secondary N) is 1. The van der Waals surface area contributed by atoms with Crippen molar-refractivity contribution < 1.29 is 28.2 Å². The number of rotatable bonds is 8. The second-order valence-corrected chi connectivity index (χ2v) is 14.0. The Hall–Kier alpha value is -5.50. The number of halogens is 2. The topological polar surface area (TPSA) is 119 Å². The fourth-order valence-electron chi connectivity index (χ4n) is 6.44. The first-order chi connectivity index (χ1) is 24.6. The van der Waals surface area contributed by atoms with Crippen molar-refractivity contribution in [2.24, 2.45) is 0 Å². The zero-order valence-corrected chi connectivity index (χ0v) is 28.2. The van der Waals surface area contributed by atoms with E-state index in [-0.39, 0.29) is 22.7 Å². The van der Waals surface area contributed by atoms with Crippen molar-refractivity contribution in [3.8, 4) is 33.5 Å². The number of β-amino-alcohol motifs (C(OH)–C–C–N with tert-alkyl or cyclic N) is 1. The second kappa shape index (κ2) is 13.0. The van der Waals surface area contributed by atoms with Gasteiger partial charge in [0.25, 0.3) is 11.5 Å². The number of fused-ring (bicyclic) bond motifs is 2. The molecule has 0 aliphatic carbocycles. The maximum absolute atomic E-state index is 15.5. The molecule has 0 spiro atoms.